The van der Waals surface area contributed by atoms with E-state index in [4.69, 9.17) is 5.73 Å². The summed E-state index contributed by atoms with van der Waals surface area (Å²) in [5.74, 6) is 0. The molecular formula is C7H10N8S2. The molecule has 0 bridgehead atoms. The Morgan fingerprint density at radius 1 is 1.06 bits per heavy atom. The number of nitrogens with zero attached hydrogens (tertiary/aromatic N) is 4. The van der Waals surface area contributed by atoms with Crippen molar-refractivity contribution in [2.45, 2.75) is 0 Å². The van der Waals surface area contributed by atoms with E-state index in [0.29, 0.717) is 27.1 Å². The van der Waals surface area contributed by atoms with Crippen LogP contribution in [0.5, 0.6) is 0 Å². The van der Waals surface area contributed by atoms with Gasteiger partial charge in [0.05, 0.1) is 0 Å². The molecular weight excluding hydrogens is 260 g/mol. The number of nitrogens with one attached hydrogen (secondary N) is 3. The van der Waals surface area contributed by atoms with Crippen LogP contribution in [-0.2, 0) is 0 Å². The topological polar surface area (TPSA) is 114 Å². The Hall–Kier alpha value is -1.94. The summed E-state index contributed by atoms with van der Waals surface area (Å²) < 4.78 is 0. The zero-order valence-corrected chi connectivity index (χ0v) is 10.3. The fourth-order valence-electron chi connectivity index (χ4n) is 0.897. The minimum Gasteiger partial charge on any atom is -0.374 e. The summed E-state index contributed by atoms with van der Waals surface area (Å²) >= 11 is 2.61. The zero-order valence-electron chi connectivity index (χ0n) is 8.67. The van der Waals surface area contributed by atoms with E-state index < -0.39 is 0 Å². The number of hydrogen-bond acceptors (Lipinski definition) is 10. The lowest BCUT2D eigenvalue weighted by molar-refractivity contribution is 1.06. The number of anilines is 4. The van der Waals surface area contributed by atoms with Crippen LogP contribution < -0.4 is 21.9 Å². The number of hydrazine groups is 1. The zero-order chi connectivity index (χ0) is 12.1. The Labute approximate surface area is 105 Å². The fourth-order valence-corrected chi connectivity index (χ4v) is 1.96. The molecule has 0 aliphatic heterocycles. The van der Waals surface area contributed by atoms with Gasteiger partial charge in [0, 0.05) is 6.54 Å². The maximum atomic E-state index is 5.44. The second-order valence-electron chi connectivity index (χ2n) is 2.78. The summed E-state index contributed by atoms with van der Waals surface area (Å²) in [5, 5.41) is 20.6. The van der Waals surface area contributed by atoms with Crippen LogP contribution in [-0.4, -0.2) is 26.9 Å². The van der Waals surface area contributed by atoms with Gasteiger partial charge in [0.25, 0.3) is 0 Å². The molecule has 0 radical (unpaired) electrons. The van der Waals surface area contributed by atoms with Gasteiger partial charge in [-0.05, 0) is 0 Å². The second kappa shape index (κ2) is 5.41. The van der Waals surface area contributed by atoms with Crippen molar-refractivity contribution in [2.75, 3.05) is 28.4 Å². The maximum absolute atomic E-state index is 5.44. The van der Waals surface area contributed by atoms with Crippen molar-refractivity contribution < 1.29 is 0 Å². The predicted octanol–water partition coefficient (Wildman–Crippen LogP) is 1.01. The Morgan fingerprint density at radius 3 is 2.35 bits per heavy atom. The van der Waals surface area contributed by atoms with Crippen molar-refractivity contribution >= 4 is 43.2 Å². The monoisotopic (exact) mass is 270 g/mol. The van der Waals surface area contributed by atoms with Crippen LogP contribution >= 0.6 is 22.7 Å². The summed E-state index contributed by atoms with van der Waals surface area (Å²) in [7, 11) is 0. The number of hydrogen-bond donors (Lipinski definition) is 4. The SMILES string of the molecule is C=CCNc1nnc(NNc2nnc(N)s2)s1. The molecule has 0 spiro atoms. The molecule has 0 saturated carbocycles. The molecule has 2 rings (SSSR count). The van der Waals surface area contributed by atoms with Gasteiger partial charge < -0.3 is 11.1 Å². The highest BCUT2D eigenvalue weighted by molar-refractivity contribution is 7.19. The van der Waals surface area contributed by atoms with Gasteiger partial charge in [-0.3, -0.25) is 10.9 Å². The molecule has 90 valence electrons. The summed E-state index contributed by atoms with van der Waals surface area (Å²) in [6, 6.07) is 0. The average molecular weight is 270 g/mol. The van der Waals surface area contributed by atoms with E-state index in [1.165, 1.54) is 22.7 Å². The summed E-state index contributed by atoms with van der Waals surface area (Å²) in [6.07, 6.45) is 1.75. The standard InChI is InChI=1S/C7H10N8S2/c1-2-3-9-5-11-14-7(17-5)15-13-6-12-10-4(8)16-6/h2H,1,3H2,(H2,8,10)(H,9,11)(H,12,13)(H,14,15). The molecule has 0 amide bonds. The van der Waals surface area contributed by atoms with Crippen LogP contribution in [0.1, 0.15) is 0 Å². The molecule has 0 saturated heterocycles. The van der Waals surface area contributed by atoms with Crippen molar-refractivity contribution in [3.63, 3.8) is 0 Å². The van der Waals surface area contributed by atoms with Crippen molar-refractivity contribution in [2.24, 2.45) is 0 Å². The van der Waals surface area contributed by atoms with Gasteiger partial charge >= 0.3 is 0 Å². The molecule has 0 fully saturated rings. The van der Waals surface area contributed by atoms with E-state index in [-0.39, 0.29) is 0 Å². The molecule has 0 unspecified atom stereocenters. The lowest BCUT2D eigenvalue weighted by Gasteiger charge is -1.99. The van der Waals surface area contributed by atoms with Gasteiger partial charge in [-0.2, -0.15) is 0 Å². The minimum atomic E-state index is 0.403. The molecule has 2 aromatic heterocycles. The maximum Gasteiger partial charge on any atom is 0.225 e. The molecule has 2 heterocycles. The highest BCUT2D eigenvalue weighted by Crippen LogP contribution is 2.21. The van der Waals surface area contributed by atoms with E-state index in [1.54, 1.807) is 6.08 Å². The molecule has 0 atom stereocenters. The Bertz CT molecular complexity index is 492. The Morgan fingerprint density at radius 2 is 1.71 bits per heavy atom. The van der Waals surface area contributed by atoms with Crippen molar-refractivity contribution in [3.8, 4) is 0 Å². The summed E-state index contributed by atoms with van der Waals surface area (Å²) in [5.41, 5.74) is 11.1. The number of nitrogens with two attached hydrogens (primary N) is 1. The van der Waals surface area contributed by atoms with E-state index >= 15 is 0 Å². The second-order valence-corrected chi connectivity index (χ2v) is 4.76. The van der Waals surface area contributed by atoms with E-state index in [0.717, 1.165) is 0 Å². The van der Waals surface area contributed by atoms with Gasteiger partial charge in [0.2, 0.25) is 20.5 Å². The first-order valence-electron chi connectivity index (χ1n) is 4.57. The highest BCUT2D eigenvalue weighted by atomic mass is 32.1. The molecule has 2 aromatic rings. The third-order valence-corrected chi connectivity index (χ3v) is 3.00. The lowest BCUT2D eigenvalue weighted by atomic mass is 10.6. The quantitative estimate of drug-likeness (QED) is 0.454. The normalized spacial score (nSPS) is 9.88. The van der Waals surface area contributed by atoms with Crippen LogP contribution in [0.15, 0.2) is 12.7 Å². The van der Waals surface area contributed by atoms with Crippen LogP contribution in [0.3, 0.4) is 0 Å². The fraction of sp³-hybridized carbons (Fsp3) is 0.143. The van der Waals surface area contributed by atoms with Crippen LogP contribution in [0.25, 0.3) is 0 Å². The van der Waals surface area contributed by atoms with Crippen LogP contribution in [0.4, 0.5) is 20.5 Å². The summed E-state index contributed by atoms with van der Waals surface area (Å²) in [6.45, 7) is 4.25. The Kier molecular flexibility index (Phi) is 3.67. The first-order valence-corrected chi connectivity index (χ1v) is 6.20. The molecule has 17 heavy (non-hydrogen) atoms. The molecule has 10 heteroatoms. The van der Waals surface area contributed by atoms with Gasteiger partial charge in [-0.15, -0.1) is 27.0 Å². The third-order valence-electron chi connectivity index (χ3n) is 1.54. The molecule has 0 aliphatic rings. The third kappa shape index (κ3) is 3.26. The van der Waals surface area contributed by atoms with Crippen molar-refractivity contribution in [1.82, 2.24) is 20.4 Å². The van der Waals surface area contributed by atoms with Crippen molar-refractivity contribution in [3.05, 3.63) is 12.7 Å². The first-order chi connectivity index (χ1) is 8.28. The number of nitrogen functional groups attached to an aromatic ring is 1. The van der Waals surface area contributed by atoms with Gasteiger partial charge in [-0.1, -0.05) is 28.7 Å². The molecule has 0 aliphatic carbocycles. The summed E-state index contributed by atoms with van der Waals surface area (Å²) in [4.78, 5) is 0. The number of rotatable bonds is 6. The van der Waals surface area contributed by atoms with E-state index in [9.17, 15) is 0 Å². The first kappa shape index (κ1) is 11.5. The molecule has 8 nitrogen and oxygen atoms in total. The number of aromatic nitrogens is 4. The van der Waals surface area contributed by atoms with Crippen LogP contribution in [0.2, 0.25) is 0 Å². The molecule has 0 aromatic carbocycles. The Balaban J connectivity index is 1.86. The highest BCUT2D eigenvalue weighted by Gasteiger charge is 2.04. The lowest BCUT2D eigenvalue weighted by Crippen LogP contribution is -2.07. The van der Waals surface area contributed by atoms with Crippen molar-refractivity contribution in [1.29, 1.82) is 0 Å². The van der Waals surface area contributed by atoms with E-state index in [2.05, 4.69) is 43.1 Å². The minimum absolute atomic E-state index is 0.403. The van der Waals surface area contributed by atoms with Gasteiger partial charge in [-0.25, -0.2) is 0 Å². The smallest absolute Gasteiger partial charge is 0.225 e. The van der Waals surface area contributed by atoms with Crippen LogP contribution in [0, 0.1) is 0 Å². The van der Waals surface area contributed by atoms with Gasteiger partial charge in [0.1, 0.15) is 0 Å². The molecule has 5 N–H and O–H groups in total. The average Bonchev–Trinajstić information content (AvgIpc) is 2.93. The van der Waals surface area contributed by atoms with Gasteiger partial charge in [0.15, 0.2) is 0 Å². The largest absolute Gasteiger partial charge is 0.374 e. The predicted molar refractivity (Wildman–Crippen MR) is 70.2 cm³/mol. The van der Waals surface area contributed by atoms with E-state index in [1.807, 2.05) is 0 Å².